The average molecular weight is 310 g/mol. The molecule has 5 heteroatoms. The van der Waals surface area contributed by atoms with Gasteiger partial charge < -0.3 is 16.4 Å². The van der Waals surface area contributed by atoms with Crippen molar-refractivity contribution in [2.24, 2.45) is 10.7 Å². The van der Waals surface area contributed by atoms with Crippen molar-refractivity contribution in [3.63, 3.8) is 0 Å². The number of rotatable bonds is 10. The van der Waals surface area contributed by atoms with Crippen LogP contribution >= 0.6 is 0 Å². The van der Waals surface area contributed by atoms with Crippen LogP contribution in [0.3, 0.4) is 0 Å². The maximum atomic E-state index is 11.8. The van der Waals surface area contributed by atoms with Gasteiger partial charge in [0.1, 0.15) is 6.54 Å². The molecule has 0 aliphatic heterocycles. The van der Waals surface area contributed by atoms with Gasteiger partial charge in [-0.25, -0.2) is 4.99 Å². The van der Waals surface area contributed by atoms with Crippen molar-refractivity contribution in [2.75, 3.05) is 13.1 Å². The van der Waals surface area contributed by atoms with E-state index in [-0.39, 0.29) is 12.5 Å². The van der Waals surface area contributed by atoms with Gasteiger partial charge in [0, 0.05) is 12.6 Å². The number of hydrogen-bond acceptors (Lipinski definition) is 2. The lowest BCUT2D eigenvalue weighted by molar-refractivity contribution is -0.120. The Morgan fingerprint density at radius 1 is 1.09 bits per heavy atom. The first-order chi connectivity index (χ1) is 10.7. The molecule has 5 nitrogen and oxygen atoms in total. The van der Waals surface area contributed by atoms with Crippen LogP contribution in [0, 0.1) is 0 Å². The molecule has 4 N–H and O–H groups in total. The third-order valence-corrected chi connectivity index (χ3v) is 4.20. The molecule has 0 radical (unpaired) electrons. The van der Waals surface area contributed by atoms with Crippen molar-refractivity contribution in [2.45, 2.75) is 83.6 Å². The maximum absolute atomic E-state index is 11.8. The van der Waals surface area contributed by atoms with Crippen LogP contribution in [0.5, 0.6) is 0 Å². The zero-order chi connectivity index (χ0) is 16.0. The Morgan fingerprint density at radius 2 is 1.77 bits per heavy atom. The summed E-state index contributed by atoms with van der Waals surface area (Å²) in [6.07, 6.45) is 13.5. The van der Waals surface area contributed by atoms with Gasteiger partial charge in [0.15, 0.2) is 5.96 Å². The molecule has 128 valence electrons. The van der Waals surface area contributed by atoms with Crippen molar-refractivity contribution >= 4 is 11.9 Å². The van der Waals surface area contributed by atoms with Gasteiger partial charge in [0.2, 0.25) is 5.91 Å². The van der Waals surface area contributed by atoms with E-state index in [4.69, 9.17) is 5.73 Å². The van der Waals surface area contributed by atoms with Crippen LogP contribution in [0.25, 0.3) is 0 Å². The third kappa shape index (κ3) is 9.64. The van der Waals surface area contributed by atoms with Gasteiger partial charge in [-0.3, -0.25) is 4.79 Å². The number of amides is 1. The van der Waals surface area contributed by atoms with E-state index in [1.54, 1.807) is 0 Å². The minimum atomic E-state index is -0.0174. The summed E-state index contributed by atoms with van der Waals surface area (Å²) in [6.45, 7) is 3.20. The summed E-state index contributed by atoms with van der Waals surface area (Å²) < 4.78 is 0. The summed E-state index contributed by atoms with van der Waals surface area (Å²) in [5.41, 5.74) is 5.78. The lowest BCUT2D eigenvalue weighted by Crippen LogP contribution is -2.39. The normalized spacial score (nSPS) is 16.5. The molecule has 0 aromatic rings. The monoisotopic (exact) mass is 310 g/mol. The summed E-state index contributed by atoms with van der Waals surface area (Å²) in [4.78, 5) is 15.9. The molecule has 0 atom stereocenters. The Hall–Kier alpha value is -1.26. The zero-order valence-corrected chi connectivity index (χ0v) is 14.2. The molecular formula is C17H34N4O. The highest BCUT2D eigenvalue weighted by Crippen LogP contribution is 2.17. The standard InChI is InChI=1S/C17H34N4O/c1-2-3-4-5-6-10-13-19-17(18)20-14-16(22)21-15-11-8-7-9-12-15/h15H,2-14H2,1H3,(H,21,22)(H3,18,19,20). The highest BCUT2D eigenvalue weighted by molar-refractivity contribution is 5.84. The fraction of sp³-hybridized carbons (Fsp3) is 0.882. The summed E-state index contributed by atoms with van der Waals surface area (Å²) in [6, 6.07) is 0.341. The number of aliphatic imine (C=N–C) groups is 1. The lowest BCUT2D eigenvalue weighted by atomic mass is 9.95. The highest BCUT2D eigenvalue weighted by Gasteiger charge is 2.15. The number of nitrogens with zero attached hydrogens (tertiary/aromatic N) is 1. The smallest absolute Gasteiger partial charge is 0.242 e. The molecule has 22 heavy (non-hydrogen) atoms. The van der Waals surface area contributed by atoms with Crippen molar-refractivity contribution in [1.29, 1.82) is 0 Å². The van der Waals surface area contributed by atoms with Crippen molar-refractivity contribution < 1.29 is 4.79 Å². The van der Waals surface area contributed by atoms with Crippen LogP contribution in [0.15, 0.2) is 4.99 Å². The van der Waals surface area contributed by atoms with E-state index >= 15 is 0 Å². The van der Waals surface area contributed by atoms with Gasteiger partial charge in [0.25, 0.3) is 0 Å². The van der Waals surface area contributed by atoms with E-state index < -0.39 is 0 Å². The molecule has 0 unspecified atom stereocenters. The van der Waals surface area contributed by atoms with Crippen LogP contribution in [-0.2, 0) is 4.79 Å². The summed E-state index contributed by atoms with van der Waals surface area (Å²) >= 11 is 0. The number of guanidine groups is 1. The number of nitrogens with two attached hydrogens (primary N) is 1. The zero-order valence-electron chi connectivity index (χ0n) is 14.2. The SMILES string of the molecule is CCCCCCCCNC(N)=NCC(=O)NC1CCCCC1. The Bertz CT molecular complexity index is 325. The second-order valence-corrected chi connectivity index (χ2v) is 6.30. The fourth-order valence-corrected chi connectivity index (χ4v) is 2.85. The van der Waals surface area contributed by atoms with E-state index in [1.165, 1.54) is 51.4 Å². The van der Waals surface area contributed by atoms with Crippen molar-refractivity contribution in [3.8, 4) is 0 Å². The number of carbonyl (C=O) groups is 1. The van der Waals surface area contributed by atoms with Gasteiger partial charge in [0.05, 0.1) is 0 Å². The first kappa shape index (κ1) is 18.8. The van der Waals surface area contributed by atoms with Gasteiger partial charge in [-0.1, -0.05) is 58.3 Å². The molecule has 1 amide bonds. The maximum Gasteiger partial charge on any atom is 0.242 e. The topological polar surface area (TPSA) is 79.5 Å². The van der Waals surface area contributed by atoms with E-state index in [0.717, 1.165) is 25.8 Å². The van der Waals surface area contributed by atoms with E-state index in [9.17, 15) is 4.79 Å². The molecule has 0 heterocycles. The first-order valence-electron chi connectivity index (χ1n) is 9.05. The molecule has 0 bridgehead atoms. The predicted molar refractivity (Wildman–Crippen MR) is 92.9 cm³/mol. The quantitative estimate of drug-likeness (QED) is 0.330. The molecule has 1 fully saturated rings. The van der Waals surface area contributed by atoms with Crippen LogP contribution < -0.4 is 16.4 Å². The summed E-state index contributed by atoms with van der Waals surface area (Å²) in [5.74, 6) is 0.364. The molecule has 1 aliphatic rings. The second-order valence-electron chi connectivity index (χ2n) is 6.30. The van der Waals surface area contributed by atoms with Gasteiger partial charge in [-0.2, -0.15) is 0 Å². The number of nitrogens with one attached hydrogen (secondary N) is 2. The average Bonchev–Trinajstić information content (AvgIpc) is 2.53. The van der Waals surface area contributed by atoms with E-state index in [1.807, 2.05) is 0 Å². The van der Waals surface area contributed by atoms with E-state index in [2.05, 4.69) is 22.5 Å². The Labute approximate surface area is 135 Å². The van der Waals surface area contributed by atoms with Crippen LogP contribution in [0.1, 0.15) is 77.6 Å². The molecule has 0 saturated heterocycles. The largest absolute Gasteiger partial charge is 0.370 e. The minimum Gasteiger partial charge on any atom is -0.370 e. The summed E-state index contributed by atoms with van der Waals surface area (Å²) in [7, 11) is 0. The van der Waals surface area contributed by atoms with Gasteiger partial charge >= 0.3 is 0 Å². The van der Waals surface area contributed by atoms with Gasteiger partial charge in [-0.05, 0) is 19.3 Å². The molecule has 0 aromatic carbocycles. The number of unbranched alkanes of at least 4 members (excludes halogenated alkanes) is 5. The lowest BCUT2D eigenvalue weighted by Gasteiger charge is -2.22. The second kappa shape index (κ2) is 12.3. The molecule has 0 spiro atoms. The van der Waals surface area contributed by atoms with Crippen LogP contribution in [0.4, 0.5) is 0 Å². The molecule has 1 aliphatic carbocycles. The Balaban J connectivity index is 2.02. The van der Waals surface area contributed by atoms with Crippen molar-refractivity contribution in [1.82, 2.24) is 10.6 Å². The van der Waals surface area contributed by atoms with E-state index in [0.29, 0.717) is 12.0 Å². The molecule has 1 rings (SSSR count). The molecule has 1 saturated carbocycles. The Kier molecular flexibility index (Phi) is 10.5. The predicted octanol–water partition coefficient (Wildman–Crippen LogP) is 2.70. The van der Waals surface area contributed by atoms with Crippen LogP contribution in [-0.4, -0.2) is 31.0 Å². The third-order valence-electron chi connectivity index (χ3n) is 4.20. The number of hydrogen-bond donors (Lipinski definition) is 3. The van der Waals surface area contributed by atoms with Crippen molar-refractivity contribution in [3.05, 3.63) is 0 Å². The molecular weight excluding hydrogens is 276 g/mol. The first-order valence-corrected chi connectivity index (χ1v) is 9.05. The summed E-state index contributed by atoms with van der Waals surface area (Å²) in [5, 5.41) is 6.12. The number of carbonyl (C=O) groups excluding carboxylic acids is 1. The Morgan fingerprint density at radius 3 is 2.50 bits per heavy atom. The highest BCUT2D eigenvalue weighted by atomic mass is 16.1. The van der Waals surface area contributed by atoms with Gasteiger partial charge in [-0.15, -0.1) is 0 Å². The fourth-order valence-electron chi connectivity index (χ4n) is 2.85. The molecule has 0 aromatic heterocycles. The van der Waals surface area contributed by atoms with Crippen LogP contribution in [0.2, 0.25) is 0 Å². The minimum absolute atomic E-state index is 0.0174.